The van der Waals surface area contributed by atoms with Crippen LogP contribution in [0.15, 0.2) is 36.4 Å². The van der Waals surface area contributed by atoms with Crippen LogP contribution in [-0.2, 0) is 28.1 Å². The Hall–Kier alpha value is -3.10. The van der Waals surface area contributed by atoms with E-state index < -0.39 is 11.9 Å². The molecule has 0 fully saturated rings. The Kier molecular flexibility index (Phi) is 6.58. The summed E-state index contributed by atoms with van der Waals surface area (Å²) in [5.74, 6) is 0.0604. The largest absolute Gasteiger partial charge is 0.481 e. The Morgan fingerprint density at radius 3 is 1.64 bits per heavy atom. The minimum atomic E-state index is -0.811. The molecule has 0 saturated heterocycles. The number of nitrogens with zero attached hydrogens (tertiary/aromatic N) is 2. The number of rotatable bonds is 8. The Bertz CT molecular complexity index is 970. The van der Waals surface area contributed by atoms with Gasteiger partial charge in [0.1, 0.15) is 25.0 Å². The molecule has 0 bridgehead atoms. The molecule has 8 nitrogen and oxygen atoms in total. The maximum Gasteiger partial charge on any atom is 0.304 e. The van der Waals surface area contributed by atoms with Gasteiger partial charge in [-0.15, -0.1) is 0 Å². The summed E-state index contributed by atoms with van der Waals surface area (Å²) in [5.41, 5.74) is 4.11. The van der Waals surface area contributed by atoms with Crippen molar-refractivity contribution in [2.24, 2.45) is 0 Å². The molecule has 8 heteroatoms. The van der Waals surface area contributed by atoms with Crippen LogP contribution in [0.3, 0.4) is 0 Å². The van der Waals surface area contributed by atoms with Crippen molar-refractivity contribution in [3.8, 4) is 11.5 Å². The van der Waals surface area contributed by atoms with Crippen molar-refractivity contribution in [3.63, 3.8) is 0 Å². The number of benzene rings is 2. The first-order valence-electron chi connectivity index (χ1n) is 11.1. The molecule has 2 aliphatic rings. The fraction of sp³-hybridized carbons (Fsp3) is 0.440. The second-order valence-electron chi connectivity index (χ2n) is 9.21. The van der Waals surface area contributed by atoms with Gasteiger partial charge in [-0.25, -0.2) is 0 Å². The van der Waals surface area contributed by atoms with Crippen molar-refractivity contribution in [1.29, 1.82) is 0 Å². The summed E-state index contributed by atoms with van der Waals surface area (Å²) in [5, 5.41) is 17.9. The van der Waals surface area contributed by atoms with Crippen molar-refractivity contribution in [2.45, 2.75) is 45.2 Å². The minimum Gasteiger partial charge on any atom is -0.481 e. The topological polar surface area (TPSA) is 99.5 Å². The highest BCUT2D eigenvalue weighted by Gasteiger charge is 2.28. The standard InChI is InChI=1S/C25H30N2O6/c1-25(2,19-3-5-21-17(11-19)13-26(15-32-21)9-7-23(28)29)20-4-6-22-18(12-20)14-27(16-33-22)10-8-24(30)31/h3-6,11-12H,7-10,13-16H2,1-2H3,(H,28,29)(H,30,31). The maximum atomic E-state index is 10.9. The summed E-state index contributed by atoms with van der Waals surface area (Å²) in [6, 6.07) is 12.5. The van der Waals surface area contributed by atoms with Gasteiger partial charge in [0.25, 0.3) is 0 Å². The molecule has 0 amide bonds. The van der Waals surface area contributed by atoms with E-state index in [1.165, 1.54) is 0 Å². The van der Waals surface area contributed by atoms with Gasteiger partial charge >= 0.3 is 11.9 Å². The van der Waals surface area contributed by atoms with Gasteiger partial charge in [-0.05, 0) is 35.4 Å². The van der Waals surface area contributed by atoms with Gasteiger partial charge in [0.05, 0.1) is 12.8 Å². The van der Waals surface area contributed by atoms with Crippen molar-refractivity contribution in [3.05, 3.63) is 58.7 Å². The number of carboxylic acid groups (broad SMARTS) is 2. The van der Waals surface area contributed by atoms with Crippen LogP contribution in [-0.4, -0.2) is 58.5 Å². The van der Waals surface area contributed by atoms with Crippen LogP contribution in [0, 0.1) is 0 Å². The third-order valence-electron chi connectivity index (χ3n) is 6.44. The third kappa shape index (κ3) is 5.29. The van der Waals surface area contributed by atoms with Gasteiger partial charge in [-0.3, -0.25) is 19.4 Å². The lowest BCUT2D eigenvalue weighted by atomic mass is 9.77. The zero-order valence-corrected chi connectivity index (χ0v) is 19.0. The van der Waals surface area contributed by atoms with E-state index >= 15 is 0 Å². The number of hydrogen-bond donors (Lipinski definition) is 2. The molecule has 0 spiro atoms. The summed E-state index contributed by atoms with van der Waals surface area (Å²) in [4.78, 5) is 25.8. The smallest absolute Gasteiger partial charge is 0.304 e. The first-order valence-corrected chi connectivity index (χ1v) is 11.1. The molecule has 2 N–H and O–H groups in total. The minimum absolute atomic E-state index is 0.0879. The lowest BCUT2D eigenvalue weighted by Crippen LogP contribution is -2.34. The van der Waals surface area contributed by atoms with E-state index in [2.05, 4.69) is 38.1 Å². The number of carboxylic acids is 2. The van der Waals surface area contributed by atoms with Gasteiger partial charge < -0.3 is 19.7 Å². The zero-order valence-electron chi connectivity index (χ0n) is 19.0. The molecular formula is C25H30N2O6. The lowest BCUT2D eigenvalue weighted by Gasteiger charge is -2.33. The lowest BCUT2D eigenvalue weighted by molar-refractivity contribution is -0.138. The molecule has 0 saturated carbocycles. The van der Waals surface area contributed by atoms with Crippen LogP contribution in [0.25, 0.3) is 0 Å². The molecule has 2 aliphatic heterocycles. The van der Waals surface area contributed by atoms with Gasteiger partial charge in [0, 0.05) is 42.7 Å². The molecule has 176 valence electrons. The highest BCUT2D eigenvalue weighted by Crippen LogP contribution is 2.38. The Balaban J connectivity index is 1.53. The summed E-state index contributed by atoms with van der Waals surface area (Å²) in [6.07, 6.45) is 0.176. The number of fused-ring (bicyclic) bond motifs is 2. The molecule has 2 aromatic carbocycles. The van der Waals surface area contributed by atoms with Gasteiger partial charge in [-0.2, -0.15) is 0 Å². The van der Waals surface area contributed by atoms with Gasteiger partial charge in [0.2, 0.25) is 0 Å². The SMILES string of the molecule is CC(C)(c1ccc2c(c1)CN(CCC(=O)O)CO2)c1ccc2c(c1)CN(CCC(=O)O)CO2. The van der Waals surface area contributed by atoms with E-state index in [0.717, 1.165) is 33.8 Å². The summed E-state index contributed by atoms with van der Waals surface area (Å²) < 4.78 is 11.7. The summed E-state index contributed by atoms with van der Waals surface area (Å²) in [7, 11) is 0. The van der Waals surface area contributed by atoms with E-state index in [4.69, 9.17) is 19.7 Å². The molecule has 0 aliphatic carbocycles. The molecule has 33 heavy (non-hydrogen) atoms. The molecule has 2 aromatic rings. The van der Waals surface area contributed by atoms with Crippen LogP contribution < -0.4 is 9.47 Å². The first-order chi connectivity index (χ1) is 15.7. The predicted molar refractivity (Wildman–Crippen MR) is 121 cm³/mol. The summed E-state index contributed by atoms with van der Waals surface area (Å²) >= 11 is 0. The fourth-order valence-corrected chi connectivity index (χ4v) is 4.32. The normalized spacial score (nSPS) is 16.3. The van der Waals surface area contributed by atoms with Crippen molar-refractivity contribution >= 4 is 11.9 Å². The monoisotopic (exact) mass is 454 g/mol. The van der Waals surface area contributed by atoms with E-state index in [1.54, 1.807) is 0 Å². The summed E-state index contributed by atoms with van der Waals surface area (Å²) in [6.45, 7) is 7.35. The van der Waals surface area contributed by atoms with Crippen molar-refractivity contribution in [2.75, 3.05) is 26.6 Å². The second-order valence-corrected chi connectivity index (χ2v) is 9.21. The first kappa shape index (κ1) is 23.1. The number of carbonyl (C=O) groups is 2. The average molecular weight is 455 g/mol. The van der Waals surface area contributed by atoms with Crippen LogP contribution >= 0.6 is 0 Å². The van der Waals surface area contributed by atoms with Crippen molar-refractivity contribution < 1.29 is 29.3 Å². The molecule has 0 aromatic heterocycles. The van der Waals surface area contributed by atoms with E-state index in [0.29, 0.717) is 39.6 Å². The Morgan fingerprint density at radius 1 is 0.818 bits per heavy atom. The van der Waals surface area contributed by atoms with Crippen molar-refractivity contribution in [1.82, 2.24) is 9.80 Å². The van der Waals surface area contributed by atoms with Crippen LogP contribution in [0.5, 0.6) is 11.5 Å². The highest BCUT2D eigenvalue weighted by atomic mass is 16.5. The fourth-order valence-electron chi connectivity index (χ4n) is 4.32. The maximum absolute atomic E-state index is 10.9. The molecule has 4 rings (SSSR count). The molecule has 0 atom stereocenters. The highest BCUT2D eigenvalue weighted by molar-refractivity contribution is 5.67. The second kappa shape index (κ2) is 9.41. The quantitative estimate of drug-likeness (QED) is 0.627. The molecular weight excluding hydrogens is 424 g/mol. The number of aliphatic carboxylic acids is 2. The number of hydrogen-bond acceptors (Lipinski definition) is 6. The molecule has 0 radical (unpaired) electrons. The average Bonchev–Trinajstić information content (AvgIpc) is 2.80. The number of ether oxygens (including phenoxy) is 2. The van der Waals surface area contributed by atoms with E-state index in [9.17, 15) is 9.59 Å². The van der Waals surface area contributed by atoms with Crippen LogP contribution in [0.4, 0.5) is 0 Å². The third-order valence-corrected chi connectivity index (χ3v) is 6.44. The Morgan fingerprint density at radius 2 is 1.24 bits per heavy atom. The van der Waals surface area contributed by atoms with Gasteiger partial charge in [-0.1, -0.05) is 26.0 Å². The zero-order chi connectivity index (χ0) is 23.6. The Labute approximate surface area is 193 Å². The van der Waals surface area contributed by atoms with E-state index in [-0.39, 0.29) is 18.3 Å². The molecule has 2 heterocycles. The molecule has 0 unspecified atom stereocenters. The van der Waals surface area contributed by atoms with Crippen LogP contribution in [0.1, 0.15) is 48.9 Å². The van der Waals surface area contributed by atoms with E-state index in [1.807, 2.05) is 21.9 Å². The van der Waals surface area contributed by atoms with Crippen LogP contribution in [0.2, 0.25) is 0 Å². The predicted octanol–water partition coefficient (Wildman–Crippen LogP) is 3.27. The van der Waals surface area contributed by atoms with Gasteiger partial charge in [0.15, 0.2) is 0 Å².